The smallest absolute Gasteiger partial charge is 0.228 e. The molecule has 0 aromatic carbocycles. The first-order valence-corrected chi connectivity index (χ1v) is 8.26. The van der Waals surface area contributed by atoms with E-state index < -0.39 is 0 Å². The number of carbonyl (C=O) groups excluding carboxylic acids is 1. The van der Waals surface area contributed by atoms with Crippen LogP contribution in [0.3, 0.4) is 0 Å². The second-order valence-corrected chi connectivity index (χ2v) is 7.40. The van der Waals surface area contributed by atoms with Crippen LogP contribution < -0.4 is 16.2 Å². The summed E-state index contributed by atoms with van der Waals surface area (Å²) in [6, 6.07) is 0. The van der Waals surface area contributed by atoms with Gasteiger partial charge in [-0.1, -0.05) is 20.8 Å². The van der Waals surface area contributed by atoms with E-state index in [4.69, 9.17) is 0 Å². The molecule has 9 nitrogen and oxygen atoms in total. The maximum Gasteiger partial charge on any atom is 0.228 e. The zero-order valence-corrected chi connectivity index (χ0v) is 14.1. The molecule has 2 unspecified atom stereocenters. The zero-order valence-electron chi connectivity index (χ0n) is 13.3. The lowest BCUT2D eigenvalue weighted by atomic mass is 9.93. The highest BCUT2D eigenvalue weighted by molar-refractivity contribution is 7.09. The quantitative estimate of drug-likeness (QED) is 0.719. The molecule has 3 rings (SSSR count). The molecule has 0 bridgehead atoms. The molecule has 0 aliphatic carbocycles. The van der Waals surface area contributed by atoms with E-state index in [-0.39, 0.29) is 23.4 Å². The number of thiazole rings is 1. The molecule has 3 N–H and O–H groups in total. The van der Waals surface area contributed by atoms with Gasteiger partial charge in [-0.05, 0) is 10.4 Å². The molecule has 1 fully saturated rings. The van der Waals surface area contributed by atoms with Crippen LogP contribution in [-0.2, 0) is 16.8 Å². The van der Waals surface area contributed by atoms with Crippen molar-refractivity contribution >= 4 is 17.2 Å². The summed E-state index contributed by atoms with van der Waals surface area (Å²) in [6.45, 7) is 7.31. The van der Waals surface area contributed by atoms with Crippen molar-refractivity contribution in [1.82, 2.24) is 41.4 Å². The third-order valence-electron chi connectivity index (χ3n) is 3.67. The van der Waals surface area contributed by atoms with Crippen molar-refractivity contribution in [2.45, 2.75) is 38.9 Å². The first-order chi connectivity index (χ1) is 10.9. The van der Waals surface area contributed by atoms with Crippen molar-refractivity contribution in [3.63, 3.8) is 0 Å². The van der Waals surface area contributed by atoms with E-state index in [2.05, 4.69) is 57.4 Å². The van der Waals surface area contributed by atoms with Crippen molar-refractivity contribution in [2.75, 3.05) is 6.54 Å². The summed E-state index contributed by atoms with van der Waals surface area (Å²) in [4.78, 5) is 17.0. The number of rotatable bonds is 4. The molecule has 2 atom stereocenters. The Bertz CT molecular complexity index is 662. The number of nitrogens with one attached hydrogen (secondary N) is 3. The fourth-order valence-corrected chi connectivity index (χ4v) is 3.26. The molecule has 2 aromatic heterocycles. The van der Waals surface area contributed by atoms with Crippen LogP contribution in [0.1, 0.15) is 37.6 Å². The lowest BCUT2D eigenvalue weighted by molar-refractivity contribution is -0.125. The molecular formula is C13H20N8OS. The van der Waals surface area contributed by atoms with Gasteiger partial charge in [0, 0.05) is 17.3 Å². The Balaban J connectivity index is 1.60. The largest absolute Gasteiger partial charge is 0.349 e. The van der Waals surface area contributed by atoms with Gasteiger partial charge in [-0.25, -0.2) is 15.1 Å². The third-order valence-corrected chi connectivity index (χ3v) is 4.52. The number of hydrogen-bond acceptors (Lipinski definition) is 8. The second kappa shape index (κ2) is 6.30. The lowest BCUT2D eigenvalue weighted by Gasteiger charge is -2.17. The van der Waals surface area contributed by atoms with Crippen LogP contribution in [0, 0.1) is 5.92 Å². The normalized spacial score (nSPS) is 21.5. The minimum Gasteiger partial charge on any atom is -0.349 e. The molecule has 0 saturated carbocycles. The Labute approximate surface area is 137 Å². The van der Waals surface area contributed by atoms with Crippen LogP contribution in [0.5, 0.6) is 0 Å². The van der Waals surface area contributed by atoms with Crippen LogP contribution in [0.4, 0.5) is 0 Å². The molecule has 0 radical (unpaired) electrons. The third kappa shape index (κ3) is 3.54. The molecule has 0 spiro atoms. The fraction of sp³-hybridized carbons (Fsp3) is 0.615. The summed E-state index contributed by atoms with van der Waals surface area (Å²) in [7, 11) is 0. The summed E-state index contributed by atoms with van der Waals surface area (Å²) < 4.78 is 1.53. The SMILES string of the molecule is CC(C)(C)c1csc(CNC(=O)C2CNNC2n2cnnn2)n1. The molecule has 23 heavy (non-hydrogen) atoms. The van der Waals surface area contributed by atoms with Gasteiger partial charge in [0.05, 0.1) is 18.2 Å². The van der Waals surface area contributed by atoms with Crippen LogP contribution in [0.15, 0.2) is 11.7 Å². The van der Waals surface area contributed by atoms with Crippen LogP contribution >= 0.6 is 11.3 Å². The fourth-order valence-electron chi connectivity index (χ4n) is 2.30. The van der Waals surface area contributed by atoms with E-state index >= 15 is 0 Å². The maximum atomic E-state index is 12.4. The van der Waals surface area contributed by atoms with E-state index in [1.807, 2.05) is 5.38 Å². The molecule has 124 valence electrons. The molecule has 1 aliphatic rings. The summed E-state index contributed by atoms with van der Waals surface area (Å²) >= 11 is 1.56. The van der Waals surface area contributed by atoms with Gasteiger partial charge in [-0.3, -0.25) is 10.2 Å². The maximum absolute atomic E-state index is 12.4. The second-order valence-electron chi connectivity index (χ2n) is 6.46. The Morgan fingerprint density at radius 1 is 1.52 bits per heavy atom. The molecule has 1 amide bonds. The van der Waals surface area contributed by atoms with Crippen LogP contribution in [0.2, 0.25) is 0 Å². The zero-order chi connectivity index (χ0) is 16.4. The summed E-state index contributed by atoms with van der Waals surface area (Å²) in [5, 5.41) is 16.9. The van der Waals surface area contributed by atoms with Crippen molar-refractivity contribution in [3.8, 4) is 0 Å². The Morgan fingerprint density at radius 2 is 2.35 bits per heavy atom. The Hall–Kier alpha value is -1.91. The van der Waals surface area contributed by atoms with Crippen molar-refractivity contribution in [2.24, 2.45) is 5.92 Å². The Morgan fingerprint density at radius 3 is 3.00 bits per heavy atom. The number of aromatic nitrogens is 5. The number of hydrazine groups is 1. The Kier molecular flexibility index (Phi) is 4.37. The van der Waals surface area contributed by atoms with Crippen molar-refractivity contribution < 1.29 is 4.79 Å². The van der Waals surface area contributed by atoms with Gasteiger partial charge in [-0.15, -0.1) is 16.4 Å². The van der Waals surface area contributed by atoms with Crippen LogP contribution in [-0.4, -0.2) is 37.6 Å². The topological polar surface area (TPSA) is 110 Å². The highest BCUT2D eigenvalue weighted by atomic mass is 32.1. The number of nitrogens with zero attached hydrogens (tertiary/aromatic N) is 5. The van der Waals surface area contributed by atoms with Gasteiger partial charge in [-0.2, -0.15) is 0 Å². The first kappa shape index (κ1) is 16.0. The molecular weight excluding hydrogens is 316 g/mol. The van der Waals surface area contributed by atoms with E-state index in [0.717, 1.165) is 10.7 Å². The summed E-state index contributed by atoms with van der Waals surface area (Å²) in [5.41, 5.74) is 7.04. The van der Waals surface area contributed by atoms with Gasteiger partial charge in [0.2, 0.25) is 5.91 Å². The van der Waals surface area contributed by atoms with Gasteiger partial charge < -0.3 is 5.32 Å². The summed E-state index contributed by atoms with van der Waals surface area (Å²) in [6.07, 6.45) is 1.19. The number of tetrazole rings is 1. The highest BCUT2D eigenvalue weighted by Gasteiger charge is 2.35. The van der Waals surface area contributed by atoms with Crippen LogP contribution in [0.25, 0.3) is 0 Å². The minimum atomic E-state index is -0.300. The van der Waals surface area contributed by atoms with Gasteiger partial charge in [0.1, 0.15) is 17.5 Å². The lowest BCUT2D eigenvalue weighted by Crippen LogP contribution is -2.37. The molecule has 2 aromatic rings. The minimum absolute atomic E-state index is 0.0171. The number of amides is 1. The monoisotopic (exact) mass is 336 g/mol. The van der Waals surface area contributed by atoms with E-state index in [1.54, 1.807) is 11.3 Å². The molecule has 3 heterocycles. The average molecular weight is 336 g/mol. The van der Waals surface area contributed by atoms with Crippen molar-refractivity contribution in [1.29, 1.82) is 0 Å². The predicted molar refractivity (Wildman–Crippen MR) is 84.1 cm³/mol. The van der Waals surface area contributed by atoms with E-state index in [1.165, 1.54) is 11.0 Å². The van der Waals surface area contributed by atoms with Gasteiger partial charge in [0.15, 0.2) is 0 Å². The average Bonchev–Trinajstić information content (AvgIpc) is 3.22. The molecule has 1 saturated heterocycles. The van der Waals surface area contributed by atoms with Crippen molar-refractivity contribution in [3.05, 3.63) is 22.4 Å². The predicted octanol–water partition coefficient (Wildman–Crippen LogP) is -0.0339. The summed E-state index contributed by atoms with van der Waals surface area (Å²) in [5.74, 6) is -0.351. The first-order valence-electron chi connectivity index (χ1n) is 7.38. The van der Waals surface area contributed by atoms with E-state index in [0.29, 0.717) is 13.1 Å². The van der Waals surface area contributed by atoms with E-state index in [9.17, 15) is 4.79 Å². The van der Waals surface area contributed by atoms with Gasteiger partial charge in [0.25, 0.3) is 0 Å². The number of carbonyl (C=O) groups is 1. The molecule has 10 heteroatoms. The standard InChI is InChI=1S/C13H20N8OS/c1-13(2,3)9-6-23-10(17-9)5-14-12(22)8-4-15-18-11(8)21-7-16-19-20-21/h6-8,11,15,18H,4-5H2,1-3H3,(H,14,22). The highest BCUT2D eigenvalue weighted by Crippen LogP contribution is 2.24. The molecule has 1 aliphatic heterocycles. The van der Waals surface area contributed by atoms with Gasteiger partial charge >= 0.3 is 0 Å². The number of hydrogen-bond donors (Lipinski definition) is 3.